The molecule has 0 atom stereocenters. The second kappa shape index (κ2) is 4.78. The lowest BCUT2D eigenvalue weighted by Gasteiger charge is -2.16. The molecule has 0 saturated heterocycles. The van der Waals surface area contributed by atoms with Crippen LogP contribution in [0, 0.1) is 12.7 Å². The van der Waals surface area contributed by atoms with Crippen LogP contribution < -0.4 is 5.32 Å². The average molecular weight is 259 g/mol. The van der Waals surface area contributed by atoms with Gasteiger partial charge in [-0.15, -0.1) is 0 Å². The van der Waals surface area contributed by atoms with E-state index in [2.05, 4.69) is 21.8 Å². The number of rotatable bonds is 2. The summed E-state index contributed by atoms with van der Waals surface area (Å²) in [5.41, 5.74) is 3.89. The molecule has 2 heterocycles. The van der Waals surface area contributed by atoms with Crippen LogP contribution >= 0.6 is 0 Å². The van der Waals surface area contributed by atoms with E-state index in [0.717, 1.165) is 43.1 Å². The van der Waals surface area contributed by atoms with Gasteiger partial charge < -0.3 is 9.88 Å². The highest BCUT2D eigenvalue weighted by Crippen LogP contribution is 2.23. The molecule has 0 bridgehead atoms. The van der Waals surface area contributed by atoms with Crippen molar-refractivity contribution < 1.29 is 4.39 Å². The fraction of sp³-hybridized carbons (Fsp3) is 0.400. The predicted octanol–water partition coefficient (Wildman–Crippen LogP) is 2.53. The van der Waals surface area contributed by atoms with Crippen LogP contribution in [0.3, 0.4) is 0 Å². The average Bonchev–Trinajstić information content (AvgIpc) is 2.80. The fourth-order valence-corrected chi connectivity index (χ4v) is 2.63. The number of benzene rings is 1. The molecule has 3 rings (SSSR count). The Hall–Kier alpha value is -1.68. The summed E-state index contributed by atoms with van der Waals surface area (Å²) < 4.78 is 15.9. The van der Waals surface area contributed by atoms with Crippen LogP contribution in [0.4, 0.5) is 4.39 Å². The van der Waals surface area contributed by atoms with Crippen LogP contribution in [0.2, 0.25) is 0 Å². The van der Waals surface area contributed by atoms with Gasteiger partial charge in [0.2, 0.25) is 0 Å². The Bertz CT molecular complexity index is 616. The molecule has 0 aliphatic carbocycles. The minimum Gasteiger partial charge on any atom is -0.311 e. The number of aryl methyl sites for hydroxylation is 2. The zero-order chi connectivity index (χ0) is 13.4. The third kappa shape index (κ3) is 2.06. The van der Waals surface area contributed by atoms with Crippen LogP contribution in [0.15, 0.2) is 18.2 Å². The standard InChI is InChI=1S/C15H18FN3/c1-3-15-18-13-9-17-7-6-14(13)19(15)11-5-4-10(2)12(16)8-11/h4-5,8,17H,3,6-7,9H2,1-2H3. The van der Waals surface area contributed by atoms with Gasteiger partial charge in [0, 0.05) is 37.3 Å². The van der Waals surface area contributed by atoms with Gasteiger partial charge in [-0.2, -0.15) is 0 Å². The number of hydrogen-bond donors (Lipinski definition) is 1. The Morgan fingerprint density at radius 2 is 2.26 bits per heavy atom. The summed E-state index contributed by atoms with van der Waals surface area (Å²) in [7, 11) is 0. The van der Waals surface area contributed by atoms with Crippen molar-refractivity contribution in [2.75, 3.05) is 6.54 Å². The lowest BCUT2D eigenvalue weighted by atomic mass is 10.1. The van der Waals surface area contributed by atoms with Crippen molar-refractivity contribution in [1.29, 1.82) is 0 Å². The van der Waals surface area contributed by atoms with Gasteiger partial charge in [-0.25, -0.2) is 9.37 Å². The molecule has 0 radical (unpaired) electrons. The summed E-state index contributed by atoms with van der Waals surface area (Å²) in [4.78, 5) is 4.68. The molecular weight excluding hydrogens is 241 g/mol. The molecule has 1 aromatic carbocycles. The predicted molar refractivity (Wildman–Crippen MR) is 73.0 cm³/mol. The summed E-state index contributed by atoms with van der Waals surface area (Å²) in [5, 5.41) is 3.33. The molecule has 0 saturated carbocycles. The molecule has 0 fully saturated rings. The number of nitrogens with zero attached hydrogens (tertiary/aromatic N) is 2. The highest BCUT2D eigenvalue weighted by Gasteiger charge is 2.20. The van der Waals surface area contributed by atoms with Crippen LogP contribution in [-0.4, -0.2) is 16.1 Å². The number of fused-ring (bicyclic) bond motifs is 1. The third-order valence-electron chi connectivity index (χ3n) is 3.69. The molecule has 2 aromatic rings. The van der Waals surface area contributed by atoms with E-state index in [1.54, 1.807) is 13.0 Å². The highest BCUT2D eigenvalue weighted by molar-refractivity contribution is 5.40. The fourth-order valence-electron chi connectivity index (χ4n) is 2.63. The molecule has 3 nitrogen and oxygen atoms in total. The second-order valence-corrected chi connectivity index (χ2v) is 4.97. The first-order valence-electron chi connectivity index (χ1n) is 6.77. The first kappa shape index (κ1) is 12.4. The lowest BCUT2D eigenvalue weighted by Crippen LogP contribution is -2.24. The summed E-state index contributed by atoms with van der Waals surface area (Å²) in [6.45, 7) is 5.63. The molecule has 4 heteroatoms. The Labute approximate surface area is 112 Å². The number of halogens is 1. The van der Waals surface area contributed by atoms with Crippen molar-refractivity contribution in [1.82, 2.24) is 14.9 Å². The molecule has 100 valence electrons. The first-order chi connectivity index (χ1) is 9.20. The zero-order valence-corrected chi connectivity index (χ0v) is 11.3. The molecule has 0 unspecified atom stereocenters. The van der Waals surface area contributed by atoms with Crippen molar-refractivity contribution in [2.45, 2.75) is 33.2 Å². The maximum atomic E-state index is 13.8. The third-order valence-corrected chi connectivity index (χ3v) is 3.69. The van der Waals surface area contributed by atoms with Crippen molar-refractivity contribution in [3.8, 4) is 5.69 Å². The molecule has 1 aromatic heterocycles. The van der Waals surface area contributed by atoms with Gasteiger partial charge in [0.1, 0.15) is 11.6 Å². The van der Waals surface area contributed by atoms with E-state index in [1.165, 1.54) is 5.69 Å². The van der Waals surface area contributed by atoms with Crippen LogP contribution in [0.1, 0.15) is 29.7 Å². The molecule has 1 aliphatic heterocycles. The minimum atomic E-state index is -0.157. The van der Waals surface area contributed by atoms with Crippen molar-refractivity contribution in [3.63, 3.8) is 0 Å². The molecular formula is C15H18FN3. The summed E-state index contributed by atoms with van der Waals surface area (Å²) >= 11 is 0. The van der Waals surface area contributed by atoms with Gasteiger partial charge in [0.25, 0.3) is 0 Å². The minimum absolute atomic E-state index is 0.157. The van der Waals surface area contributed by atoms with E-state index >= 15 is 0 Å². The highest BCUT2D eigenvalue weighted by atomic mass is 19.1. The number of aromatic nitrogens is 2. The van der Waals surface area contributed by atoms with Gasteiger partial charge in [-0.3, -0.25) is 0 Å². The topological polar surface area (TPSA) is 29.9 Å². The second-order valence-electron chi connectivity index (χ2n) is 4.97. The number of nitrogens with one attached hydrogen (secondary N) is 1. The Morgan fingerprint density at radius 3 is 3.00 bits per heavy atom. The van der Waals surface area contributed by atoms with E-state index in [0.29, 0.717) is 5.56 Å². The van der Waals surface area contributed by atoms with Gasteiger partial charge in [-0.05, 0) is 24.6 Å². The van der Waals surface area contributed by atoms with Crippen LogP contribution in [0.5, 0.6) is 0 Å². The van der Waals surface area contributed by atoms with E-state index in [9.17, 15) is 4.39 Å². The largest absolute Gasteiger partial charge is 0.311 e. The summed E-state index contributed by atoms with van der Waals surface area (Å²) in [5.74, 6) is 0.855. The van der Waals surface area contributed by atoms with E-state index in [4.69, 9.17) is 0 Å². The van der Waals surface area contributed by atoms with Crippen molar-refractivity contribution in [2.24, 2.45) is 0 Å². The van der Waals surface area contributed by atoms with Gasteiger partial charge in [-0.1, -0.05) is 13.0 Å². The quantitative estimate of drug-likeness (QED) is 0.898. The smallest absolute Gasteiger partial charge is 0.128 e. The summed E-state index contributed by atoms with van der Waals surface area (Å²) in [6.07, 6.45) is 1.79. The Balaban J connectivity index is 2.17. The first-order valence-corrected chi connectivity index (χ1v) is 6.77. The Kier molecular flexibility index (Phi) is 3.11. The van der Waals surface area contributed by atoms with Gasteiger partial charge >= 0.3 is 0 Å². The zero-order valence-electron chi connectivity index (χ0n) is 11.3. The Morgan fingerprint density at radius 1 is 1.42 bits per heavy atom. The molecule has 1 aliphatic rings. The maximum absolute atomic E-state index is 13.8. The van der Waals surface area contributed by atoms with Gasteiger partial charge in [0.05, 0.1) is 5.69 Å². The van der Waals surface area contributed by atoms with Crippen LogP contribution in [-0.2, 0) is 19.4 Å². The summed E-state index contributed by atoms with van der Waals surface area (Å²) in [6, 6.07) is 5.41. The van der Waals surface area contributed by atoms with Gasteiger partial charge in [0.15, 0.2) is 0 Å². The van der Waals surface area contributed by atoms with E-state index in [-0.39, 0.29) is 5.82 Å². The lowest BCUT2D eigenvalue weighted by molar-refractivity contribution is 0.610. The monoisotopic (exact) mass is 259 g/mol. The molecule has 0 amide bonds. The SMILES string of the molecule is CCc1nc2c(n1-c1ccc(C)c(F)c1)CCNC2. The molecule has 19 heavy (non-hydrogen) atoms. The maximum Gasteiger partial charge on any atom is 0.128 e. The van der Waals surface area contributed by atoms with E-state index < -0.39 is 0 Å². The number of hydrogen-bond acceptors (Lipinski definition) is 2. The molecule has 1 N–H and O–H groups in total. The van der Waals surface area contributed by atoms with E-state index in [1.807, 2.05) is 12.1 Å². The normalized spacial score (nSPS) is 14.5. The van der Waals surface area contributed by atoms with Crippen molar-refractivity contribution in [3.05, 3.63) is 46.8 Å². The van der Waals surface area contributed by atoms with Crippen molar-refractivity contribution >= 4 is 0 Å². The number of imidazole rings is 1. The van der Waals surface area contributed by atoms with Crippen LogP contribution in [0.25, 0.3) is 5.69 Å². The molecule has 0 spiro atoms.